The molecule has 2 rings (SSSR count). The average Bonchev–Trinajstić information content (AvgIpc) is 2.81. The number of aliphatic imine (C=N–C) groups is 1. The Morgan fingerprint density at radius 1 is 1.25 bits per heavy atom. The number of carbonyl (C=O) groups is 1. The van der Waals surface area contributed by atoms with Crippen molar-refractivity contribution in [3.05, 3.63) is 17.3 Å². The van der Waals surface area contributed by atoms with Crippen LogP contribution in [0.5, 0.6) is 0 Å². The minimum atomic E-state index is 0.205. The molecule has 0 radical (unpaired) electrons. The maximum absolute atomic E-state index is 11.7. The lowest BCUT2D eigenvalue weighted by atomic mass is 9.85. The fourth-order valence-electron chi connectivity index (χ4n) is 2.42. The molecular weight excluding hydrogens is 306 g/mol. The Morgan fingerprint density at radius 2 is 2.00 bits per heavy atom. The zero-order chi connectivity index (χ0) is 17.4. The van der Waals surface area contributed by atoms with Crippen LogP contribution in [-0.4, -0.2) is 36.5 Å². The van der Waals surface area contributed by atoms with Gasteiger partial charge >= 0.3 is 0 Å². The number of carbonyl (C=O) groups excluding carboxylic acids is 1. The molecule has 1 heterocycles. The first-order valence-electron chi connectivity index (χ1n) is 8.83. The Hall–Kier alpha value is -2.05. The van der Waals surface area contributed by atoms with E-state index < -0.39 is 0 Å². The molecular formula is C17H29N5O2. The van der Waals surface area contributed by atoms with E-state index in [-0.39, 0.29) is 11.8 Å². The van der Waals surface area contributed by atoms with E-state index in [1.165, 1.54) is 6.42 Å². The van der Waals surface area contributed by atoms with Crippen molar-refractivity contribution in [1.82, 2.24) is 20.9 Å². The van der Waals surface area contributed by atoms with Crippen LogP contribution in [0, 0.1) is 19.8 Å². The Kier molecular flexibility index (Phi) is 7.08. The van der Waals surface area contributed by atoms with E-state index in [4.69, 9.17) is 4.42 Å². The molecule has 3 N–H and O–H groups in total. The molecule has 7 nitrogen and oxygen atoms in total. The third-order valence-corrected chi connectivity index (χ3v) is 4.21. The molecule has 0 bridgehead atoms. The Balaban J connectivity index is 1.68. The third-order valence-electron chi connectivity index (χ3n) is 4.21. The monoisotopic (exact) mass is 335 g/mol. The SMILES string of the molecule is CCNC(=NCc1nc(C)c(C)o1)NCCCNC(=O)C1CCC1. The molecule has 0 unspecified atom stereocenters. The van der Waals surface area contributed by atoms with Crippen LogP contribution in [0.4, 0.5) is 0 Å². The summed E-state index contributed by atoms with van der Waals surface area (Å²) in [5.74, 6) is 2.65. The fraction of sp³-hybridized carbons (Fsp3) is 0.706. The van der Waals surface area contributed by atoms with Gasteiger partial charge in [-0.1, -0.05) is 6.42 Å². The third kappa shape index (κ3) is 5.54. The molecule has 1 aliphatic rings. The minimum absolute atomic E-state index is 0.205. The predicted octanol–water partition coefficient (Wildman–Crippen LogP) is 1.65. The highest BCUT2D eigenvalue weighted by Gasteiger charge is 2.24. The van der Waals surface area contributed by atoms with Crippen LogP contribution in [0.3, 0.4) is 0 Å². The van der Waals surface area contributed by atoms with Crippen LogP contribution in [0.15, 0.2) is 9.41 Å². The molecule has 1 aromatic heterocycles. The molecule has 0 aromatic carbocycles. The summed E-state index contributed by atoms with van der Waals surface area (Å²) in [6.07, 6.45) is 4.13. The lowest BCUT2D eigenvalue weighted by molar-refractivity contribution is -0.127. The summed E-state index contributed by atoms with van der Waals surface area (Å²) in [5.41, 5.74) is 0.903. The van der Waals surface area contributed by atoms with E-state index >= 15 is 0 Å². The highest BCUT2D eigenvalue weighted by Crippen LogP contribution is 2.25. The van der Waals surface area contributed by atoms with Crippen molar-refractivity contribution in [2.75, 3.05) is 19.6 Å². The molecule has 0 aliphatic heterocycles. The number of rotatable bonds is 8. The van der Waals surface area contributed by atoms with Crippen LogP contribution in [-0.2, 0) is 11.3 Å². The quantitative estimate of drug-likeness (QED) is 0.382. The maximum Gasteiger partial charge on any atom is 0.223 e. The topological polar surface area (TPSA) is 91.6 Å². The number of aromatic nitrogens is 1. The predicted molar refractivity (Wildman–Crippen MR) is 93.8 cm³/mol. The summed E-state index contributed by atoms with van der Waals surface area (Å²) in [6.45, 7) is 8.48. The van der Waals surface area contributed by atoms with E-state index in [1.54, 1.807) is 0 Å². The number of amides is 1. The van der Waals surface area contributed by atoms with Gasteiger partial charge in [-0.25, -0.2) is 9.98 Å². The zero-order valence-electron chi connectivity index (χ0n) is 14.9. The smallest absolute Gasteiger partial charge is 0.223 e. The van der Waals surface area contributed by atoms with Gasteiger partial charge in [0.15, 0.2) is 5.96 Å². The van der Waals surface area contributed by atoms with E-state index in [9.17, 15) is 4.79 Å². The molecule has 24 heavy (non-hydrogen) atoms. The summed E-state index contributed by atoms with van der Waals surface area (Å²) < 4.78 is 5.53. The molecule has 1 amide bonds. The average molecular weight is 335 g/mol. The summed E-state index contributed by atoms with van der Waals surface area (Å²) in [4.78, 5) is 20.5. The van der Waals surface area contributed by atoms with E-state index in [1.807, 2.05) is 20.8 Å². The van der Waals surface area contributed by atoms with Gasteiger partial charge in [-0.15, -0.1) is 0 Å². The van der Waals surface area contributed by atoms with Gasteiger partial charge in [-0.2, -0.15) is 0 Å². The maximum atomic E-state index is 11.7. The van der Waals surface area contributed by atoms with Crippen molar-refractivity contribution >= 4 is 11.9 Å². The first kappa shape index (κ1) is 18.3. The van der Waals surface area contributed by atoms with Crippen LogP contribution in [0.2, 0.25) is 0 Å². The molecule has 0 saturated heterocycles. The van der Waals surface area contributed by atoms with Crippen LogP contribution < -0.4 is 16.0 Å². The fourth-order valence-corrected chi connectivity index (χ4v) is 2.42. The second-order valence-corrected chi connectivity index (χ2v) is 6.14. The molecule has 1 aromatic rings. The minimum Gasteiger partial charge on any atom is -0.444 e. The highest BCUT2D eigenvalue weighted by molar-refractivity contribution is 5.80. The number of nitrogens with zero attached hydrogens (tertiary/aromatic N) is 2. The van der Waals surface area contributed by atoms with Gasteiger partial charge < -0.3 is 20.4 Å². The van der Waals surface area contributed by atoms with Gasteiger partial charge in [0.25, 0.3) is 0 Å². The lowest BCUT2D eigenvalue weighted by Crippen LogP contribution is -2.39. The van der Waals surface area contributed by atoms with Gasteiger partial charge in [0.1, 0.15) is 12.3 Å². The van der Waals surface area contributed by atoms with Crippen molar-refractivity contribution in [1.29, 1.82) is 0 Å². The first-order valence-corrected chi connectivity index (χ1v) is 8.83. The van der Waals surface area contributed by atoms with Gasteiger partial charge in [0, 0.05) is 25.6 Å². The normalized spacial score (nSPS) is 15.0. The molecule has 0 spiro atoms. The van der Waals surface area contributed by atoms with Crippen LogP contribution in [0.1, 0.15) is 50.0 Å². The standard InChI is InChI=1S/C17H29N5O2/c1-4-18-17(21-11-15-22-12(2)13(3)24-15)20-10-6-9-19-16(23)14-7-5-8-14/h14H,4-11H2,1-3H3,(H,19,23)(H2,18,20,21). The summed E-state index contributed by atoms with van der Waals surface area (Å²) in [5, 5.41) is 9.45. The molecule has 1 aliphatic carbocycles. The summed E-state index contributed by atoms with van der Waals surface area (Å²) >= 11 is 0. The zero-order valence-corrected chi connectivity index (χ0v) is 14.9. The number of aryl methyl sites for hydroxylation is 2. The number of oxazole rings is 1. The number of hydrogen-bond acceptors (Lipinski definition) is 4. The first-order chi connectivity index (χ1) is 11.6. The van der Waals surface area contributed by atoms with Gasteiger partial charge in [0.05, 0.1) is 5.69 Å². The molecule has 0 atom stereocenters. The van der Waals surface area contributed by atoms with E-state index in [0.29, 0.717) is 19.0 Å². The van der Waals surface area contributed by atoms with E-state index in [0.717, 1.165) is 49.8 Å². The molecule has 134 valence electrons. The van der Waals surface area contributed by atoms with Gasteiger partial charge in [-0.3, -0.25) is 4.79 Å². The van der Waals surface area contributed by atoms with E-state index in [2.05, 4.69) is 25.9 Å². The molecule has 1 fully saturated rings. The molecule has 7 heteroatoms. The lowest BCUT2D eigenvalue weighted by Gasteiger charge is -2.24. The van der Waals surface area contributed by atoms with Crippen LogP contribution >= 0.6 is 0 Å². The summed E-state index contributed by atoms with van der Waals surface area (Å²) in [7, 11) is 0. The Labute approximate surface area is 143 Å². The number of hydrogen-bond donors (Lipinski definition) is 3. The second kappa shape index (κ2) is 9.30. The van der Waals surface area contributed by atoms with Gasteiger partial charge in [-0.05, 0) is 40.0 Å². The number of nitrogens with one attached hydrogen (secondary N) is 3. The van der Waals surface area contributed by atoms with Gasteiger partial charge in [0.2, 0.25) is 11.8 Å². The largest absolute Gasteiger partial charge is 0.444 e. The Bertz CT molecular complexity index is 544. The van der Waals surface area contributed by atoms with Crippen LogP contribution in [0.25, 0.3) is 0 Å². The molecule has 1 saturated carbocycles. The highest BCUT2D eigenvalue weighted by atomic mass is 16.4. The summed E-state index contributed by atoms with van der Waals surface area (Å²) in [6, 6.07) is 0. The van der Waals surface area contributed by atoms with Crippen molar-refractivity contribution in [2.45, 2.75) is 53.0 Å². The number of guanidine groups is 1. The van der Waals surface area contributed by atoms with Crippen molar-refractivity contribution in [3.8, 4) is 0 Å². The Morgan fingerprint density at radius 3 is 2.58 bits per heavy atom. The van der Waals surface area contributed by atoms with Crippen molar-refractivity contribution in [3.63, 3.8) is 0 Å². The second-order valence-electron chi connectivity index (χ2n) is 6.14. The van der Waals surface area contributed by atoms with Crippen molar-refractivity contribution in [2.24, 2.45) is 10.9 Å². The van der Waals surface area contributed by atoms with Crippen molar-refractivity contribution < 1.29 is 9.21 Å².